The molecule has 0 spiro atoms. The zero-order valence-corrected chi connectivity index (χ0v) is 26.6. The zero-order valence-electron chi connectivity index (χ0n) is 25.0. The summed E-state index contributed by atoms with van der Waals surface area (Å²) in [6.45, 7) is 4.31. The number of nitrogens with one attached hydrogen (secondary N) is 5. The highest BCUT2D eigenvalue weighted by atomic mass is 32.2. The van der Waals surface area contributed by atoms with Crippen molar-refractivity contribution in [3.05, 3.63) is 0 Å². The van der Waals surface area contributed by atoms with Gasteiger partial charge in [0.1, 0.15) is 48.4 Å². The van der Waals surface area contributed by atoms with Gasteiger partial charge < -0.3 is 9.47 Å². The molecule has 3 saturated heterocycles. The van der Waals surface area contributed by atoms with Crippen LogP contribution >= 0.6 is 11.8 Å². The van der Waals surface area contributed by atoms with E-state index >= 15 is 13.2 Å². The Balaban J connectivity index is 1.27. The van der Waals surface area contributed by atoms with Gasteiger partial charge in [-0.1, -0.05) is 0 Å². The maximum atomic E-state index is 15.6. The molecular weight excluding hydrogens is 657 g/mol. The molecule has 3 heterocycles. The summed E-state index contributed by atoms with van der Waals surface area (Å²) in [6, 6.07) is 0.220. The van der Waals surface area contributed by atoms with Crippen LogP contribution in [0.25, 0.3) is 0 Å². The van der Waals surface area contributed by atoms with Gasteiger partial charge in [-0.15, -0.1) is 11.8 Å². The van der Waals surface area contributed by atoms with Crippen LogP contribution < -0.4 is 26.8 Å². The van der Waals surface area contributed by atoms with E-state index in [2.05, 4.69) is 31.7 Å². The van der Waals surface area contributed by atoms with Gasteiger partial charge in [-0.3, -0.25) is 26.3 Å². The van der Waals surface area contributed by atoms with E-state index in [0.717, 1.165) is 18.2 Å². The topological polar surface area (TPSA) is 116 Å². The molecule has 0 radical (unpaired) electrons. The largest absolute Gasteiger partial charge is 0.379 e. The number of rotatable bonds is 9. The molecule has 262 valence electrons. The van der Waals surface area contributed by atoms with Gasteiger partial charge in [-0.2, -0.15) is 8.78 Å². The average Bonchev–Trinajstić information content (AvgIpc) is 3.41. The summed E-state index contributed by atoms with van der Waals surface area (Å²) >= 11 is 1.15. The van der Waals surface area contributed by atoms with Gasteiger partial charge in [0, 0.05) is 37.9 Å². The third-order valence-corrected chi connectivity index (χ3v) is 13.2. The Morgan fingerprint density at radius 3 is 2.18 bits per heavy atom. The number of hydrazine groups is 1. The molecule has 45 heavy (non-hydrogen) atoms. The number of hydrogen-bond acceptors (Lipinski definition) is 11. The molecule has 10 nitrogen and oxygen atoms in total. The molecule has 5 fully saturated rings. The van der Waals surface area contributed by atoms with Crippen LogP contribution in [0, 0.1) is 5.92 Å². The van der Waals surface area contributed by atoms with E-state index in [4.69, 9.17) is 9.47 Å². The second-order valence-corrected chi connectivity index (χ2v) is 16.2. The molecule has 13 unspecified atom stereocenters. The van der Waals surface area contributed by atoms with Crippen LogP contribution in [0.2, 0.25) is 0 Å². The highest BCUT2D eigenvalue weighted by molar-refractivity contribution is 8.00. The van der Waals surface area contributed by atoms with Crippen LogP contribution in [0.1, 0.15) is 39.0 Å². The van der Waals surface area contributed by atoms with E-state index in [0.29, 0.717) is 26.3 Å². The lowest BCUT2D eigenvalue weighted by molar-refractivity contribution is -0.118. The van der Waals surface area contributed by atoms with Gasteiger partial charge in [0.2, 0.25) is 9.84 Å². The van der Waals surface area contributed by atoms with Gasteiger partial charge in [-0.25, -0.2) is 35.8 Å². The molecule has 2 aliphatic carbocycles. The first-order valence-corrected chi connectivity index (χ1v) is 17.8. The molecule has 5 N–H and O–H groups in total. The quantitative estimate of drug-likeness (QED) is 0.226. The number of sulfone groups is 1. The van der Waals surface area contributed by atoms with E-state index in [1.54, 1.807) is 7.11 Å². The normalized spacial score (nSPS) is 45.9. The molecule has 3 aliphatic heterocycles. The summed E-state index contributed by atoms with van der Waals surface area (Å²) in [4.78, 5) is 2.16. The lowest BCUT2D eigenvalue weighted by Crippen LogP contribution is -2.75. The smallest absolute Gasteiger partial charge is 0.354 e. The molecule has 0 aromatic rings. The third kappa shape index (κ3) is 7.41. The first kappa shape index (κ1) is 35.8. The predicted octanol–water partition coefficient (Wildman–Crippen LogP) is 1.64. The minimum atomic E-state index is -5.71. The predicted molar refractivity (Wildman–Crippen MR) is 154 cm³/mol. The summed E-state index contributed by atoms with van der Waals surface area (Å²) in [5, 5.41) is 2.42. The molecule has 0 bridgehead atoms. The van der Waals surface area contributed by atoms with Crippen LogP contribution in [0.4, 0.5) is 30.7 Å². The Morgan fingerprint density at radius 1 is 0.933 bits per heavy atom. The van der Waals surface area contributed by atoms with Crippen LogP contribution in [0.15, 0.2) is 0 Å². The zero-order chi connectivity index (χ0) is 32.7. The molecule has 19 heteroatoms. The van der Waals surface area contributed by atoms with Crippen molar-refractivity contribution in [3.63, 3.8) is 0 Å². The molecule has 5 aliphatic rings. The van der Waals surface area contributed by atoms with Crippen LogP contribution in [-0.2, 0) is 19.3 Å². The summed E-state index contributed by atoms with van der Waals surface area (Å²) in [7, 11) is -4.12. The van der Waals surface area contributed by atoms with E-state index < -0.39 is 93.3 Å². The lowest BCUT2D eigenvalue weighted by Gasteiger charge is -2.49. The molecule has 0 aromatic heterocycles. The fourth-order valence-corrected chi connectivity index (χ4v) is 10.3. The van der Waals surface area contributed by atoms with E-state index in [9.17, 15) is 26.0 Å². The second kappa shape index (κ2) is 14.5. The lowest BCUT2D eigenvalue weighted by atomic mass is 9.83. The molecule has 0 aromatic carbocycles. The van der Waals surface area contributed by atoms with Gasteiger partial charge in [0.15, 0.2) is 0 Å². The van der Waals surface area contributed by atoms with Gasteiger partial charge >= 0.3 is 5.25 Å². The average molecular weight is 701 g/mol. The van der Waals surface area contributed by atoms with Crippen molar-refractivity contribution < 1.29 is 48.6 Å². The van der Waals surface area contributed by atoms with Crippen molar-refractivity contribution in [3.8, 4) is 0 Å². The van der Waals surface area contributed by atoms with Crippen molar-refractivity contribution in [2.24, 2.45) is 5.92 Å². The Hall–Kier alpha value is -0.510. The van der Waals surface area contributed by atoms with Crippen molar-refractivity contribution in [2.45, 2.75) is 122 Å². The van der Waals surface area contributed by atoms with E-state index in [-0.39, 0.29) is 30.9 Å². The summed E-state index contributed by atoms with van der Waals surface area (Å²) in [6.07, 6.45) is -17.0. The number of nitrogens with zero attached hydrogens (tertiary/aromatic N) is 1. The summed E-state index contributed by atoms with van der Waals surface area (Å²) in [5.74, 6) is -3.36. The minimum absolute atomic E-state index is 0.0992. The first-order valence-electron chi connectivity index (χ1n) is 15.4. The number of ether oxygens (including phenoxy) is 2. The van der Waals surface area contributed by atoms with Gasteiger partial charge in [0.25, 0.3) is 0 Å². The SMILES string of the molecule is COC1C(NC2CC(C)NN2)NC(SC2CCC(S(=O)(=O)C(F)(F)C3C(F)C(F)CC(F)C3F)CC2F)NC1N1CCOCC1. The second-order valence-electron chi connectivity index (χ2n) is 12.5. The maximum absolute atomic E-state index is 15.6. The van der Waals surface area contributed by atoms with Crippen LogP contribution in [0.3, 0.4) is 0 Å². The molecular formula is C26H43F7N6O4S2. The number of methoxy groups -OCH3 is 1. The fourth-order valence-electron chi connectivity index (χ4n) is 6.98. The van der Waals surface area contributed by atoms with E-state index in [1.165, 1.54) is 0 Å². The number of hydrogen-bond donors (Lipinski definition) is 5. The maximum Gasteiger partial charge on any atom is 0.354 e. The first-order chi connectivity index (χ1) is 21.2. The molecule has 5 rings (SSSR count). The minimum Gasteiger partial charge on any atom is -0.379 e. The van der Waals surface area contributed by atoms with Crippen molar-refractivity contribution in [1.29, 1.82) is 0 Å². The number of morpholine rings is 1. The van der Waals surface area contributed by atoms with E-state index in [1.807, 2.05) is 6.92 Å². The highest BCUT2D eigenvalue weighted by Crippen LogP contribution is 2.48. The highest BCUT2D eigenvalue weighted by Gasteiger charge is 2.65. The Labute approximate surface area is 262 Å². The monoisotopic (exact) mass is 700 g/mol. The van der Waals surface area contributed by atoms with Gasteiger partial charge in [0.05, 0.1) is 37.0 Å². The number of halogens is 7. The van der Waals surface area contributed by atoms with Crippen molar-refractivity contribution in [2.75, 3.05) is 33.4 Å². The molecule has 13 atom stereocenters. The summed E-state index contributed by atoms with van der Waals surface area (Å²) < 4.78 is 140. The Kier molecular flexibility index (Phi) is 11.6. The fraction of sp³-hybridized carbons (Fsp3) is 1.00. The van der Waals surface area contributed by atoms with Crippen LogP contribution in [0.5, 0.6) is 0 Å². The van der Waals surface area contributed by atoms with Crippen LogP contribution in [-0.4, -0.2) is 129 Å². The molecule has 0 amide bonds. The Morgan fingerprint density at radius 2 is 1.60 bits per heavy atom. The van der Waals surface area contributed by atoms with Crippen molar-refractivity contribution >= 4 is 21.6 Å². The molecule has 2 saturated carbocycles. The van der Waals surface area contributed by atoms with Gasteiger partial charge in [-0.05, 0) is 32.6 Å². The summed E-state index contributed by atoms with van der Waals surface area (Å²) in [5.41, 5.74) is 5.76. The number of thioether (sulfide) groups is 1. The van der Waals surface area contributed by atoms with Crippen molar-refractivity contribution in [1.82, 2.24) is 31.7 Å². The Bertz CT molecular complexity index is 1090. The standard InChI is InChI=1S/C26H43F7N6O4S2/c1-12-9-18(38-37-12)34-23-22(42-2)24(39-5-7-43-8-6-39)36-25(35-23)44-17-4-3-13(10-14(17)27)45(40,41)26(32,33)19-20(30)15(28)11-16(29)21(19)31/h12-25,34-38H,3-11H2,1-2H3. The number of alkyl halides is 7. The third-order valence-electron chi connectivity index (χ3n) is 9.49.